The number of nitrogens with zero attached hydrogens (tertiary/aromatic N) is 3. The Kier molecular flexibility index (Phi) is 6.36. The molecule has 1 aliphatic heterocycles. The maximum Gasteiger partial charge on any atom is 0.573 e. The molecule has 0 radical (unpaired) electrons. The fourth-order valence-electron chi connectivity index (χ4n) is 3.14. The van der Waals surface area contributed by atoms with Gasteiger partial charge in [0.05, 0.1) is 12.2 Å². The lowest BCUT2D eigenvalue weighted by atomic mass is 9.99. The van der Waals surface area contributed by atoms with Crippen LogP contribution in [0, 0.1) is 5.92 Å². The number of imidazole rings is 1. The molecular weight excluding hydrogens is 425 g/mol. The van der Waals surface area contributed by atoms with Crippen LogP contribution in [0.25, 0.3) is 0 Å². The molecule has 12 heteroatoms. The molecule has 1 amide bonds. The summed E-state index contributed by atoms with van der Waals surface area (Å²) in [5.74, 6) is -1.40. The number of hydrogen-bond acceptors (Lipinski definition) is 5. The summed E-state index contributed by atoms with van der Waals surface area (Å²) in [6.45, 7) is 2.73. The molecule has 1 N–H and O–H groups in total. The number of hydrogen-bond donors (Lipinski definition) is 1. The monoisotopic (exact) mass is 446 g/mol. The van der Waals surface area contributed by atoms with Crippen LogP contribution in [0.4, 0.5) is 18.9 Å². The van der Waals surface area contributed by atoms with Gasteiger partial charge in [0.1, 0.15) is 5.75 Å². The first-order valence-corrected chi connectivity index (χ1v) is 10.7. The van der Waals surface area contributed by atoms with Crippen molar-refractivity contribution in [3.63, 3.8) is 0 Å². The van der Waals surface area contributed by atoms with Gasteiger partial charge in [0.25, 0.3) is 10.0 Å². The van der Waals surface area contributed by atoms with Crippen LogP contribution in [0.2, 0.25) is 0 Å². The predicted molar refractivity (Wildman–Crippen MR) is 101 cm³/mol. The fourth-order valence-corrected chi connectivity index (χ4v) is 4.60. The SMILES string of the molecule is CCn1cnc(S(=O)(=O)N2CCC[C@H](C(=O)Nc3ccc(OC(F)(F)F)cc3)C2)c1. The van der Waals surface area contributed by atoms with Crippen LogP contribution >= 0.6 is 0 Å². The maximum atomic E-state index is 12.8. The summed E-state index contributed by atoms with van der Waals surface area (Å²) in [6.07, 6.45) is -0.910. The molecular formula is C18H21F3N4O4S. The van der Waals surface area contributed by atoms with Gasteiger partial charge in [-0.1, -0.05) is 0 Å². The number of rotatable bonds is 6. The van der Waals surface area contributed by atoms with Gasteiger partial charge < -0.3 is 14.6 Å². The Morgan fingerprint density at radius 2 is 2.00 bits per heavy atom. The zero-order valence-corrected chi connectivity index (χ0v) is 16.9. The number of carbonyl (C=O) groups excluding carboxylic acids is 1. The summed E-state index contributed by atoms with van der Waals surface area (Å²) in [6, 6.07) is 4.75. The molecule has 0 aliphatic carbocycles. The third-order valence-corrected chi connectivity index (χ3v) is 6.44. The molecule has 1 atom stereocenters. The average Bonchev–Trinajstić information content (AvgIpc) is 3.19. The van der Waals surface area contributed by atoms with Gasteiger partial charge in [-0.25, -0.2) is 13.4 Å². The van der Waals surface area contributed by atoms with Crippen molar-refractivity contribution in [3.05, 3.63) is 36.8 Å². The molecule has 8 nitrogen and oxygen atoms in total. The molecule has 2 heterocycles. The number of aromatic nitrogens is 2. The van der Waals surface area contributed by atoms with E-state index in [1.165, 1.54) is 29.0 Å². The summed E-state index contributed by atoms with van der Waals surface area (Å²) >= 11 is 0. The van der Waals surface area contributed by atoms with Crippen LogP contribution in [0.5, 0.6) is 5.75 Å². The fraction of sp³-hybridized carbons (Fsp3) is 0.444. The Bertz CT molecular complexity index is 990. The van der Waals surface area contributed by atoms with Crippen molar-refractivity contribution in [1.82, 2.24) is 13.9 Å². The number of nitrogens with one attached hydrogen (secondary N) is 1. The highest BCUT2D eigenvalue weighted by Gasteiger charge is 2.34. The van der Waals surface area contributed by atoms with Gasteiger partial charge >= 0.3 is 6.36 Å². The zero-order valence-electron chi connectivity index (χ0n) is 16.1. The van der Waals surface area contributed by atoms with Gasteiger partial charge in [-0.3, -0.25) is 4.79 Å². The number of ether oxygens (including phenoxy) is 1. The number of amides is 1. The van der Waals surface area contributed by atoms with Gasteiger partial charge in [0, 0.05) is 31.5 Å². The van der Waals surface area contributed by atoms with Crippen molar-refractivity contribution in [2.45, 2.75) is 37.7 Å². The predicted octanol–water partition coefficient (Wildman–Crippen LogP) is 2.84. The van der Waals surface area contributed by atoms with E-state index < -0.39 is 34.0 Å². The molecule has 0 unspecified atom stereocenters. The molecule has 1 aromatic carbocycles. The molecule has 164 valence electrons. The van der Waals surface area contributed by atoms with E-state index in [9.17, 15) is 26.4 Å². The van der Waals surface area contributed by atoms with Crippen molar-refractivity contribution in [2.24, 2.45) is 5.92 Å². The van der Waals surface area contributed by atoms with Crippen molar-refractivity contribution < 1.29 is 31.1 Å². The van der Waals surface area contributed by atoms with E-state index in [-0.39, 0.29) is 23.8 Å². The largest absolute Gasteiger partial charge is 0.573 e. The maximum absolute atomic E-state index is 12.8. The highest BCUT2D eigenvalue weighted by Crippen LogP contribution is 2.26. The number of carbonyl (C=O) groups is 1. The molecule has 3 rings (SSSR count). The average molecular weight is 446 g/mol. The summed E-state index contributed by atoms with van der Waals surface area (Å²) in [5, 5.41) is 2.55. The van der Waals surface area contributed by atoms with E-state index in [4.69, 9.17) is 0 Å². The first-order chi connectivity index (χ1) is 14.1. The van der Waals surface area contributed by atoms with Crippen LogP contribution in [0.1, 0.15) is 19.8 Å². The molecule has 1 fully saturated rings. The van der Waals surface area contributed by atoms with E-state index >= 15 is 0 Å². The summed E-state index contributed by atoms with van der Waals surface area (Å²) in [4.78, 5) is 16.5. The third-order valence-electron chi connectivity index (χ3n) is 4.69. The Labute approximate surface area is 171 Å². The molecule has 0 bridgehead atoms. The van der Waals surface area contributed by atoms with E-state index in [1.54, 1.807) is 4.57 Å². The lowest BCUT2D eigenvalue weighted by molar-refractivity contribution is -0.274. The molecule has 1 saturated heterocycles. The molecule has 0 saturated carbocycles. The second-order valence-corrected chi connectivity index (χ2v) is 8.69. The van der Waals surface area contributed by atoms with Crippen molar-refractivity contribution >= 4 is 21.6 Å². The van der Waals surface area contributed by atoms with Crippen molar-refractivity contribution in [3.8, 4) is 5.75 Å². The van der Waals surface area contributed by atoms with Gasteiger partial charge in [0.2, 0.25) is 5.91 Å². The smallest absolute Gasteiger partial charge is 0.406 e. The Hall–Kier alpha value is -2.60. The molecule has 30 heavy (non-hydrogen) atoms. The van der Waals surface area contributed by atoms with Crippen LogP contribution < -0.4 is 10.1 Å². The van der Waals surface area contributed by atoms with Crippen LogP contribution in [-0.2, 0) is 21.4 Å². The number of sulfonamides is 1. The Morgan fingerprint density at radius 3 is 2.60 bits per heavy atom. The number of aryl methyl sites for hydroxylation is 1. The number of alkyl halides is 3. The second kappa shape index (κ2) is 8.64. The molecule has 1 aliphatic rings. The van der Waals surface area contributed by atoms with E-state index in [0.29, 0.717) is 19.4 Å². The third kappa shape index (κ3) is 5.30. The quantitative estimate of drug-likeness (QED) is 0.737. The first kappa shape index (κ1) is 22.1. The van der Waals surface area contributed by atoms with Crippen LogP contribution in [0.3, 0.4) is 0 Å². The Balaban J connectivity index is 1.64. The van der Waals surface area contributed by atoms with Crippen LogP contribution in [0.15, 0.2) is 41.8 Å². The van der Waals surface area contributed by atoms with Gasteiger partial charge in [0.15, 0.2) is 5.03 Å². The van der Waals surface area contributed by atoms with Gasteiger partial charge in [-0.05, 0) is 44.0 Å². The van der Waals surface area contributed by atoms with Gasteiger partial charge in [-0.15, -0.1) is 13.2 Å². The topological polar surface area (TPSA) is 93.5 Å². The highest BCUT2D eigenvalue weighted by atomic mass is 32.2. The first-order valence-electron chi connectivity index (χ1n) is 9.27. The Morgan fingerprint density at radius 1 is 1.30 bits per heavy atom. The number of benzene rings is 1. The normalized spacial score (nSPS) is 18.2. The number of anilines is 1. The van der Waals surface area contributed by atoms with Crippen molar-refractivity contribution in [2.75, 3.05) is 18.4 Å². The molecule has 2 aromatic rings. The van der Waals surface area contributed by atoms with Crippen molar-refractivity contribution in [1.29, 1.82) is 0 Å². The standard InChI is InChI=1S/C18H21F3N4O4S/c1-2-24-11-16(22-12-24)30(27,28)25-9-3-4-13(10-25)17(26)23-14-5-7-15(8-6-14)29-18(19,20)21/h5-8,11-13H,2-4,9-10H2,1H3,(H,23,26)/t13-/m0/s1. The summed E-state index contributed by atoms with van der Waals surface area (Å²) in [7, 11) is -3.82. The molecule has 0 spiro atoms. The number of piperidine rings is 1. The highest BCUT2D eigenvalue weighted by molar-refractivity contribution is 7.89. The molecule has 1 aromatic heterocycles. The lowest BCUT2D eigenvalue weighted by Gasteiger charge is -2.30. The van der Waals surface area contributed by atoms with E-state index in [2.05, 4.69) is 15.0 Å². The summed E-state index contributed by atoms with van der Waals surface area (Å²) in [5.41, 5.74) is 0.288. The van der Waals surface area contributed by atoms with E-state index in [1.807, 2.05) is 6.92 Å². The van der Waals surface area contributed by atoms with E-state index in [0.717, 1.165) is 12.1 Å². The second-order valence-electron chi connectivity index (χ2n) is 6.81. The van der Waals surface area contributed by atoms with Gasteiger partial charge in [-0.2, -0.15) is 4.31 Å². The minimum absolute atomic E-state index is 0.00240. The van der Waals surface area contributed by atoms with Crippen LogP contribution in [-0.4, -0.2) is 47.6 Å². The summed E-state index contributed by atoms with van der Waals surface area (Å²) < 4.78 is 68.9. The minimum atomic E-state index is -4.80. The minimum Gasteiger partial charge on any atom is -0.406 e. The lowest BCUT2D eigenvalue weighted by Crippen LogP contribution is -2.43. The zero-order chi connectivity index (χ0) is 21.9. The number of halogens is 3.